The van der Waals surface area contributed by atoms with Gasteiger partial charge in [0.05, 0.1) is 10.7 Å². The summed E-state index contributed by atoms with van der Waals surface area (Å²) in [4.78, 5) is 12.0. The number of phenolic OH excluding ortho intramolecular Hbond substituents is 1. The van der Waals surface area contributed by atoms with E-state index in [9.17, 15) is 9.90 Å². The van der Waals surface area contributed by atoms with Gasteiger partial charge in [0, 0.05) is 18.7 Å². The molecular formula is C17H17ClN2O4. The van der Waals surface area contributed by atoms with Crippen LogP contribution in [-0.4, -0.2) is 30.9 Å². The van der Waals surface area contributed by atoms with Crippen molar-refractivity contribution in [3.8, 4) is 17.2 Å². The van der Waals surface area contributed by atoms with Gasteiger partial charge in [0.15, 0.2) is 11.5 Å². The number of ether oxygens (including phenoxy) is 2. The first-order valence-electron chi connectivity index (χ1n) is 7.54. The molecular weight excluding hydrogens is 332 g/mol. The van der Waals surface area contributed by atoms with Gasteiger partial charge in [-0.15, -0.1) is 0 Å². The van der Waals surface area contributed by atoms with Crippen LogP contribution in [0.3, 0.4) is 0 Å². The smallest absolute Gasteiger partial charge is 0.319 e. The number of anilines is 1. The number of fused-ring (bicyclic) bond motifs is 1. The topological polar surface area (TPSA) is 79.8 Å². The summed E-state index contributed by atoms with van der Waals surface area (Å²) in [7, 11) is 0. The summed E-state index contributed by atoms with van der Waals surface area (Å²) in [6, 6.07) is 9.82. The summed E-state index contributed by atoms with van der Waals surface area (Å²) in [5.41, 5.74) is 1.39. The monoisotopic (exact) mass is 348 g/mol. The van der Waals surface area contributed by atoms with Gasteiger partial charge in [-0.3, -0.25) is 0 Å². The van der Waals surface area contributed by atoms with Gasteiger partial charge < -0.3 is 25.2 Å². The van der Waals surface area contributed by atoms with Crippen molar-refractivity contribution in [2.24, 2.45) is 0 Å². The number of urea groups is 1. The first-order chi connectivity index (χ1) is 11.6. The molecule has 2 aromatic carbocycles. The lowest BCUT2D eigenvalue weighted by Crippen LogP contribution is -2.30. The Balaban J connectivity index is 1.55. The number of rotatable bonds is 4. The van der Waals surface area contributed by atoms with Crippen LogP contribution in [0.15, 0.2) is 36.4 Å². The number of aromatic hydroxyl groups is 1. The number of carbonyl (C=O) groups excluding carboxylic acids is 1. The Morgan fingerprint density at radius 3 is 2.67 bits per heavy atom. The summed E-state index contributed by atoms with van der Waals surface area (Å²) in [6.45, 7) is 1.37. The number of hydrogen-bond acceptors (Lipinski definition) is 4. The van der Waals surface area contributed by atoms with Crippen molar-refractivity contribution in [3.05, 3.63) is 47.0 Å². The van der Waals surface area contributed by atoms with Crippen LogP contribution in [0.4, 0.5) is 10.5 Å². The molecule has 3 rings (SSSR count). The van der Waals surface area contributed by atoms with Crippen LogP contribution >= 0.6 is 11.6 Å². The Bertz CT molecular complexity index is 751. The van der Waals surface area contributed by atoms with Gasteiger partial charge in [-0.05, 0) is 24.1 Å². The number of benzene rings is 2. The molecule has 6 nitrogen and oxygen atoms in total. The molecule has 0 bridgehead atoms. The molecule has 0 aromatic heterocycles. The fourth-order valence-corrected chi connectivity index (χ4v) is 2.56. The van der Waals surface area contributed by atoms with E-state index in [1.807, 2.05) is 6.07 Å². The molecule has 0 radical (unpaired) electrons. The summed E-state index contributed by atoms with van der Waals surface area (Å²) >= 11 is 6.15. The Morgan fingerprint density at radius 2 is 1.92 bits per heavy atom. The lowest BCUT2D eigenvalue weighted by molar-refractivity contribution is 0.171. The van der Waals surface area contributed by atoms with Crippen molar-refractivity contribution < 1.29 is 19.4 Å². The number of carbonyl (C=O) groups is 1. The molecule has 0 atom stereocenters. The van der Waals surface area contributed by atoms with Crippen molar-refractivity contribution in [2.45, 2.75) is 6.42 Å². The third-order valence-corrected chi connectivity index (χ3v) is 3.80. The number of hydrogen-bond donors (Lipinski definition) is 3. The second-order valence-corrected chi connectivity index (χ2v) is 5.68. The van der Waals surface area contributed by atoms with E-state index in [-0.39, 0.29) is 11.8 Å². The fourth-order valence-electron chi connectivity index (χ4n) is 2.36. The fraction of sp³-hybridized carbons (Fsp3) is 0.235. The Labute approximate surface area is 144 Å². The molecule has 1 aliphatic heterocycles. The van der Waals surface area contributed by atoms with E-state index < -0.39 is 0 Å². The molecule has 7 heteroatoms. The summed E-state index contributed by atoms with van der Waals surface area (Å²) < 4.78 is 10.9. The predicted octanol–water partition coefficient (Wildman–Crippen LogP) is 3.18. The minimum absolute atomic E-state index is 0.208. The Kier molecular flexibility index (Phi) is 4.96. The van der Waals surface area contributed by atoms with Gasteiger partial charge >= 0.3 is 6.03 Å². The van der Waals surface area contributed by atoms with Gasteiger partial charge in [0.1, 0.15) is 19.0 Å². The molecule has 1 aliphatic rings. The predicted molar refractivity (Wildman–Crippen MR) is 91.3 cm³/mol. The second-order valence-electron chi connectivity index (χ2n) is 5.28. The average molecular weight is 349 g/mol. The van der Waals surface area contributed by atoms with E-state index in [4.69, 9.17) is 21.1 Å². The molecule has 2 amide bonds. The van der Waals surface area contributed by atoms with Crippen LogP contribution in [0.2, 0.25) is 5.02 Å². The van der Waals surface area contributed by atoms with E-state index in [0.717, 1.165) is 5.56 Å². The first-order valence-corrected chi connectivity index (χ1v) is 7.91. The number of nitrogens with one attached hydrogen (secondary N) is 2. The maximum absolute atomic E-state index is 12.0. The minimum atomic E-state index is -0.367. The second kappa shape index (κ2) is 7.31. The van der Waals surface area contributed by atoms with E-state index >= 15 is 0 Å². The van der Waals surface area contributed by atoms with E-state index in [2.05, 4.69) is 10.6 Å². The normalized spacial score (nSPS) is 12.5. The molecule has 0 spiro atoms. The van der Waals surface area contributed by atoms with Gasteiger partial charge in [-0.25, -0.2) is 4.79 Å². The Morgan fingerprint density at radius 1 is 1.17 bits per heavy atom. The highest BCUT2D eigenvalue weighted by molar-refractivity contribution is 6.34. The van der Waals surface area contributed by atoms with Crippen LogP contribution in [0.5, 0.6) is 17.2 Å². The van der Waals surface area contributed by atoms with Gasteiger partial charge in [-0.1, -0.05) is 23.7 Å². The highest BCUT2D eigenvalue weighted by Crippen LogP contribution is 2.37. The van der Waals surface area contributed by atoms with Gasteiger partial charge in [-0.2, -0.15) is 0 Å². The van der Waals surface area contributed by atoms with Crippen molar-refractivity contribution in [2.75, 3.05) is 25.1 Å². The van der Waals surface area contributed by atoms with Crippen LogP contribution in [-0.2, 0) is 6.42 Å². The SMILES string of the molecule is O=C(NCCc1cccc(O)c1)Nc1cc2c(cc1Cl)OCCO2. The maximum atomic E-state index is 12.0. The molecule has 1 heterocycles. The lowest BCUT2D eigenvalue weighted by atomic mass is 10.1. The number of halogens is 1. The summed E-state index contributed by atoms with van der Waals surface area (Å²) in [5, 5.41) is 15.2. The maximum Gasteiger partial charge on any atom is 0.319 e. The highest BCUT2D eigenvalue weighted by Gasteiger charge is 2.16. The van der Waals surface area contributed by atoms with Crippen molar-refractivity contribution in [3.63, 3.8) is 0 Å². The zero-order valence-electron chi connectivity index (χ0n) is 12.8. The van der Waals surface area contributed by atoms with E-state index in [0.29, 0.717) is 48.4 Å². The summed E-state index contributed by atoms with van der Waals surface area (Å²) in [6.07, 6.45) is 0.608. The van der Waals surface area contributed by atoms with E-state index in [1.165, 1.54) is 0 Å². The molecule has 0 aliphatic carbocycles. The molecule has 24 heavy (non-hydrogen) atoms. The van der Waals surface area contributed by atoms with Crippen LogP contribution < -0.4 is 20.1 Å². The number of amides is 2. The van der Waals surface area contributed by atoms with Crippen molar-refractivity contribution in [1.82, 2.24) is 5.32 Å². The van der Waals surface area contributed by atoms with Gasteiger partial charge in [0.2, 0.25) is 0 Å². The molecule has 0 unspecified atom stereocenters. The molecule has 3 N–H and O–H groups in total. The van der Waals surface area contributed by atoms with Crippen LogP contribution in [0, 0.1) is 0 Å². The number of phenols is 1. The summed E-state index contributed by atoms with van der Waals surface area (Å²) in [5.74, 6) is 1.34. The van der Waals surface area contributed by atoms with E-state index in [1.54, 1.807) is 30.3 Å². The first kappa shape index (κ1) is 16.3. The molecule has 2 aromatic rings. The zero-order chi connectivity index (χ0) is 16.9. The molecule has 0 saturated heterocycles. The largest absolute Gasteiger partial charge is 0.508 e. The standard InChI is InChI=1S/C17H17ClN2O4/c18-13-9-15-16(24-7-6-23-15)10-14(13)20-17(22)19-5-4-11-2-1-3-12(21)8-11/h1-3,8-10,21H,4-7H2,(H2,19,20,22). The molecule has 0 fully saturated rings. The lowest BCUT2D eigenvalue weighted by Gasteiger charge is -2.20. The molecule has 0 saturated carbocycles. The minimum Gasteiger partial charge on any atom is -0.508 e. The molecule has 126 valence electrons. The quantitative estimate of drug-likeness (QED) is 0.792. The Hall–Kier alpha value is -2.60. The zero-order valence-corrected chi connectivity index (χ0v) is 13.6. The van der Waals surface area contributed by atoms with Crippen molar-refractivity contribution in [1.29, 1.82) is 0 Å². The van der Waals surface area contributed by atoms with Crippen molar-refractivity contribution >= 4 is 23.3 Å². The average Bonchev–Trinajstić information content (AvgIpc) is 2.55. The van der Waals surface area contributed by atoms with Crippen LogP contribution in [0.1, 0.15) is 5.56 Å². The highest BCUT2D eigenvalue weighted by atomic mass is 35.5. The third kappa shape index (κ3) is 4.02. The third-order valence-electron chi connectivity index (χ3n) is 3.49. The van der Waals surface area contributed by atoms with Gasteiger partial charge in [0.25, 0.3) is 0 Å². The van der Waals surface area contributed by atoms with Crippen LogP contribution in [0.25, 0.3) is 0 Å².